The lowest BCUT2D eigenvalue weighted by atomic mass is 10.0. The molecule has 0 aromatic carbocycles. The number of hydrogen-bond donors (Lipinski definition) is 3. The van der Waals surface area contributed by atoms with Gasteiger partial charge in [0.25, 0.3) is 0 Å². The highest BCUT2D eigenvalue weighted by Crippen LogP contribution is 2.35. The maximum Gasteiger partial charge on any atom is 0.325 e. The third kappa shape index (κ3) is 30.6. The second-order valence-corrected chi connectivity index (χ2v) is 12.4. The van der Waals surface area contributed by atoms with Crippen molar-refractivity contribution in [1.82, 2.24) is 0 Å². The number of thiol groups is 1. The SMILES string of the molecule is O=P(O)(O)CCCCCCCCCCCCCCCCCCCCCCCCC(=S)S. The minimum Gasteiger partial charge on any atom is -0.324 e. The van der Waals surface area contributed by atoms with Crippen LogP contribution in [0.1, 0.15) is 148 Å². The first-order chi connectivity index (χ1) is 14.9. The normalized spacial score (nSPS) is 11.8. The monoisotopic (exact) mass is 494 g/mol. The molecule has 0 rings (SSSR count). The van der Waals surface area contributed by atoms with E-state index in [1.165, 1.54) is 122 Å². The largest absolute Gasteiger partial charge is 0.325 e. The van der Waals surface area contributed by atoms with Gasteiger partial charge in [-0.15, -0.1) is 12.6 Å². The van der Waals surface area contributed by atoms with Crippen molar-refractivity contribution in [2.24, 2.45) is 0 Å². The maximum atomic E-state index is 10.8. The molecule has 186 valence electrons. The summed E-state index contributed by atoms with van der Waals surface area (Å²) in [7, 11) is -3.77. The Bertz CT molecular complexity index is 440. The topological polar surface area (TPSA) is 57.5 Å². The Labute approximate surface area is 204 Å². The van der Waals surface area contributed by atoms with Crippen LogP contribution in [0.4, 0.5) is 0 Å². The summed E-state index contributed by atoms with van der Waals surface area (Å²) < 4.78 is 11.6. The first kappa shape index (κ1) is 31.6. The van der Waals surface area contributed by atoms with Gasteiger partial charge < -0.3 is 9.79 Å². The van der Waals surface area contributed by atoms with Crippen LogP contribution in [0.15, 0.2) is 0 Å². The molecule has 0 aliphatic heterocycles. The van der Waals surface area contributed by atoms with Gasteiger partial charge >= 0.3 is 7.60 Å². The summed E-state index contributed by atoms with van der Waals surface area (Å²) in [6.07, 6.45) is 29.8. The Morgan fingerprint density at radius 2 is 0.742 bits per heavy atom. The molecule has 0 unspecified atom stereocenters. The van der Waals surface area contributed by atoms with Gasteiger partial charge in [0, 0.05) is 10.4 Å². The number of unbranched alkanes of at least 4 members (excludes halogenated alkanes) is 21. The maximum absolute atomic E-state index is 10.8. The second-order valence-electron chi connectivity index (χ2n) is 9.31. The summed E-state index contributed by atoms with van der Waals surface area (Å²) in [5.74, 6) is 0. The number of thiocarbonyl (C=S) groups is 1. The van der Waals surface area contributed by atoms with Gasteiger partial charge in [-0.25, -0.2) is 0 Å². The fourth-order valence-electron chi connectivity index (χ4n) is 4.13. The van der Waals surface area contributed by atoms with Crippen LogP contribution in [0.3, 0.4) is 0 Å². The molecule has 2 N–H and O–H groups in total. The molecular formula is C25H51O3PS2. The van der Waals surface area contributed by atoms with E-state index in [0.717, 1.165) is 23.5 Å². The van der Waals surface area contributed by atoms with Crippen molar-refractivity contribution in [2.45, 2.75) is 148 Å². The van der Waals surface area contributed by atoms with E-state index in [1.807, 2.05) is 0 Å². The minimum atomic E-state index is -3.77. The highest BCUT2D eigenvalue weighted by molar-refractivity contribution is 8.11. The molecular weight excluding hydrogens is 443 g/mol. The van der Waals surface area contributed by atoms with Crippen molar-refractivity contribution >= 4 is 36.6 Å². The van der Waals surface area contributed by atoms with Gasteiger partial charge in [-0.3, -0.25) is 4.57 Å². The summed E-state index contributed by atoms with van der Waals surface area (Å²) in [4.78, 5) is 17.6. The van der Waals surface area contributed by atoms with E-state index in [9.17, 15) is 4.57 Å². The molecule has 0 amide bonds. The standard InChI is InChI=1S/C25H51O3PS2/c26-29(27,28)24-22-20-18-16-14-12-10-8-6-4-2-1-3-5-7-9-11-13-15-17-19-21-23-25(30)31/h1-24H2,(H,30,31)(H2,26,27,28). The molecule has 0 aliphatic rings. The lowest BCUT2D eigenvalue weighted by Crippen LogP contribution is -1.88. The summed E-state index contributed by atoms with van der Waals surface area (Å²) in [6.45, 7) is 0. The zero-order valence-electron chi connectivity index (χ0n) is 20.1. The summed E-state index contributed by atoms with van der Waals surface area (Å²) in [6, 6.07) is 0. The zero-order valence-corrected chi connectivity index (χ0v) is 22.7. The third-order valence-electron chi connectivity index (χ3n) is 6.09. The Hall–Kier alpha value is 0.590. The van der Waals surface area contributed by atoms with Gasteiger partial charge in [0.2, 0.25) is 0 Å². The molecule has 0 atom stereocenters. The first-order valence-corrected chi connectivity index (χ1v) is 15.8. The van der Waals surface area contributed by atoms with Gasteiger partial charge in [0.15, 0.2) is 0 Å². The summed E-state index contributed by atoms with van der Waals surface area (Å²) in [5.41, 5.74) is 0. The van der Waals surface area contributed by atoms with Crippen LogP contribution >= 0.6 is 32.4 Å². The lowest BCUT2D eigenvalue weighted by molar-refractivity contribution is 0.370. The van der Waals surface area contributed by atoms with E-state index in [2.05, 4.69) is 12.6 Å². The van der Waals surface area contributed by atoms with Crippen LogP contribution in [0.5, 0.6) is 0 Å². The van der Waals surface area contributed by atoms with Gasteiger partial charge in [0.1, 0.15) is 0 Å². The van der Waals surface area contributed by atoms with Crippen LogP contribution in [0.2, 0.25) is 0 Å². The number of hydrogen-bond acceptors (Lipinski definition) is 2. The first-order valence-electron chi connectivity index (χ1n) is 13.2. The lowest BCUT2D eigenvalue weighted by Gasteiger charge is -2.05. The average Bonchev–Trinajstić information content (AvgIpc) is 2.70. The number of rotatable bonds is 25. The van der Waals surface area contributed by atoms with E-state index in [0.29, 0.717) is 6.42 Å². The summed E-state index contributed by atoms with van der Waals surface area (Å²) >= 11 is 9.15. The van der Waals surface area contributed by atoms with Gasteiger partial charge in [0.05, 0.1) is 0 Å². The van der Waals surface area contributed by atoms with Crippen molar-refractivity contribution in [3.05, 3.63) is 0 Å². The molecule has 0 saturated carbocycles. The molecule has 0 aromatic rings. The molecule has 0 radical (unpaired) electrons. The highest BCUT2D eigenvalue weighted by Gasteiger charge is 2.10. The fourth-order valence-corrected chi connectivity index (χ4v) is 5.07. The van der Waals surface area contributed by atoms with E-state index < -0.39 is 7.60 Å². The average molecular weight is 495 g/mol. The summed E-state index contributed by atoms with van der Waals surface area (Å²) in [5, 5.41) is 0. The van der Waals surface area contributed by atoms with Gasteiger partial charge in [-0.1, -0.05) is 141 Å². The quantitative estimate of drug-likeness (QED) is 0.0512. The third-order valence-corrected chi connectivity index (χ3v) is 7.42. The Kier molecular flexibility index (Phi) is 24.2. The Morgan fingerprint density at radius 1 is 0.516 bits per heavy atom. The van der Waals surface area contributed by atoms with Crippen LogP contribution in [-0.2, 0) is 4.57 Å². The van der Waals surface area contributed by atoms with Crippen LogP contribution < -0.4 is 0 Å². The van der Waals surface area contributed by atoms with Crippen molar-refractivity contribution in [3.63, 3.8) is 0 Å². The Balaban J connectivity index is 3.05. The molecule has 6 heteroatoms. The molecule has 3 nitrogen and oxygen atoms in total. The molecule has 0 aromatic heterocycles. The molecule has 0 saturated heterocycles. The van der Waals surface area contributed by atoms with E-state index >= 15 is 0 Å². The predicted octanol–water partition coefficient (Wildman–Crippen LogP) is 9.39. The van der Waals surface area contributed by atoms with Crippen molar-refractivity contribution in [2.75, 3.05) is 6.16 Å². The second kappa shape index (κ2) is 23.7. The van der Waals surface area contributed by atoms with Gasteiger partial charge in [-0.2, -0.15) is 0 Å². The van der Waals surface area contributed by atoms with Crippen molar-refractivity contribution in [1.29, 1.82) is 0 Å². The molecule has 0 spiro atoms. The van der Waals surface area contributed by atoms with Crippen molar-refractivity contribution in [3.8, 4) is 0 Å². The fraction of sp³-hybridized carbons (Fsp3) is 0.960. The minimum absolute atomic E-state index is 0.0565. The smallest absolute Gasteiger partial charge is 0.324 e. The molecule has 0 aliphatic carbocycles. The predicted molar refractivity (Wildman–Crippen MR) is 145 cm³/mol. The van der Waals surface area contributed by atoms with Crippen molar-refractivity contribution < 1.29 is 14.4 Å². The molecule has 0 heterocycles. The molecule has 0 fully saturated rings. The van der Waals surface area contributed by atoms with E-state index in [4.69, 9.17) is 22.0 Å². The van der Waals surface area contributed by atoms with Crippen LogP contribution in [0, 0.1) is 0 Å². The van der Waals surface area contributed by atoms with Crippen LogP contribution in [-0.4, -0.2) is 20.1 Å². The van der Waals surface area contributed by atoms with Gasteiger partial charge in [-0.05, 0) is 19.3 Å². The van der Waals surface area contributed by atoms with E-state index in [-0.39, 0.29) is 6.16 Å². The molecule has 31 heavy (non-hydrogen) atoms. The Morgan fingerprint density at radius 3 is 0.968 bits per heavy atom. The zero-order chi connectivity index (χ0) is 23.0. The molecule has 0 bridgehead atoms. The van der Waals surface area contributed by atoms with Crippen LogP contribution in [0.25, 0.3) is 0 Å². The highest BCUT2D eigenvalue weighted by atomic mass is 32.1. The van der Waals surface area contributed by atoms with E-state index in [1.54, 1.807) is 0 Å².